The van der Waals surface area contributed by atoms with Gasteiger partial charge in [0.05, 0.1) is 6.42 Å². The van der Waals surface area contributed by atoms with Crippen molar-refractivity contribution in [2.75, 3.05) is 12.4 Å². The van der Waals surface area contributed by atoms with Crippen molar-refractivity contribution in [3.63, 3.8) is 0 Å². The number of ether oxygens (including phenoxy) is 1. The topological polar surface area (TPSA) is 67.4 Å². The number of aryl methyl sites for hydroxylation is 1. The van der Waals surface area contributed by atoms with Crippen LogP contribution in [0.5, 0.6) is 5.75 Å². The molecule has 0 fully saturated rings. The van der Waals surface area contributed by atoms with Crippen molar-refractivity contribution in [1.82, 2.24) is 5.32 Å². The van der Waals surface area contributed by atoms with Crippen molar-refractivity contribution >= 4 is 17.5 Å². The predicted molar refractivity (Wildman–Crippen MR) is 94.1 cm³/mol. The van der Waals surface area contributed by atoms with Crippen molar-refractivity contribution in [2.24, 2.45) is 0 Å². The molecule has 126 valence electrons. The summed E-state index contributed by atoms with van der Waals surface area (Å²) in [6.07, 6.45) is -0.297. The van der Waals surface area contributed by atoms with Crippen LogP contribution in [0.3, 0.4) is 0 Å². The molecule has 2 amide bonds. The highest BCUT2D eigenvalue weighted by atomic mass is 16.5. The van der Waals surface area contributed by atoms with E-state index in [4.69, 9.17) is 4.74 Å². The molecular formula is C19H22N2O3. The Labute approximate surface area is 142 Å². The summed E-state index contributed by atoms with van der Waals surface area (Å²) in [6.45, 7) is 3.68. The number of anilines is 1. The van der Waals surface area contributed by atoms with Crippen LogP contribution < -0.4 is 15.4 Å². The molecular weight excluding hydrogens is 304 g/mol. The molecule has 0 aliphatic rings. The Morgan fingerprint density at radius 3 is 2.46 bits per heavy atom. The number of benzene rings is 2. The molecule has 2 N–H and O–H groups in total. The summed E-state index contributed by atoms with van der Waals surface area (Å²) < 4.78 is 5.66. The molecule has 0 saturated heterocycles. The Bertz CT molecular complexity index is 711. The Balaban J connectivity index is 1.92. The van der Waals surface area contributed by atoms with Crippen LogP contribution in [0.1, 0.15) is 18.1 Å². The third kappa shape index (κ3) is 5.12. The molecule has 1 unspecified atom stereocenters. The zero-order valence-electron chi connectivity index (χ0n) is 14.1. The first-order valence-corrected chi connectivity index (χ1v) is 7.81. The lowest BCUT2D eigenvalue weighted by atomic mass is 10.1. The highest BCUT2D eigenvalue weighted by Gasteiger charge is 2.15. The Hall–Kier alpha value is -2.82. The maximum Gasteiger partial charge on any atom is 0.265 e. The summed E-state index contributed by atoms with van der Waals surface area (Å²) in [6, 6.07) is 14.7. The molecule has 0 aliphatic carbocycles. The lowest BCUT2D eigenvalue weighted by Crippen LogP contribution is -2.30. The second kappa shape index (κ2) is 8.15. The average molecular weight is 326 g/mol. The van der Waals surface area contributed by atoms with E-state index in [1.165, 1.54) is 0 Å². The number of hydrogen-bond donors (Lipinski definition) is 2. The minimum Gasteiger partial charge on any atom is -0.481 e. The van der Waals surface area contributed by atoms with Crippen LogP contribution in [0.15, 0.2) is 48.5 Å². The van der Waals surface area contributed by atoms with Crippen molar-refractivity contribution in [3.8, 4) is 5.75 Å². The van der Waals surface area contributed by atoms with Crippen molar-refractivity contribution in [3.05, 3.63) is 59.7 Å². The van der Waals surface area contributed by atoms with E-state index < -0.39 is 6.10 Å². The highest BCUT2D eigenvalue weighted by molar-refractivity contribution is 5.94. The van der Waals surface area contributed by atoms with Gasteiger partial charge in [-0.1, -0.05) is 24.3 Å². The quantitative estimate of drug-likeness (QED) is 0.857. The van der Waals surface area contributed by atoms with Crippen molar-refractivity contribution < 1.29 is 14.3 Å². The van der Waals surface area contributed by atoms with Crippen LogP contribution in [0, 0.1) is 6.92 Å². The van der Waals surface area contributed by atoms with E-state index in [1.54, 1.807) is 26.1 Å². The zero-order valence-corrected chi connectivity index (χ0v) is 14.1. The standard InChI is InChI=1S/C19H22N2O3/c1-13-5-4-6-17(11-13)24-14(2)19(23)21-16-9-7-15(8-10-16)12-18(22)20-3/h4-11,14H,12H2,1-3H3,(H,20,22)(H,21,23). The molecule has 0 saturated carbocycles. The van der Waals surface area contributed by atoms with E-state index in [0.717, 1.165) is 11.1 Å². The molecule has 2 rings (SSSR count). The molecule has 5 heteroatoms. The molecule has 5 nitrogen and oxygen atoms in total. The van der Waals surface area contributed by atoms with E-state index in [-0.39, 0.29) is 11.8 Å². The number of rotatable bonds is 6. The monoisotopic (exact) mass is 326 g/mol. The van der Waals surface area contributed by atoms with Gasteiger partial charge >= 0.3 is 0 Å². The number of likely N-dealkylation sites (N-methyl/N-ethyl adjacent to an activating group) is 1. The van der Waals surface area contributed by atoms with E-state index >= 15 is 0 Å². The summed E-state index contributed by atoms with van der Waals surface area (Å²) in [4.78, 5) is 23.5. The van der Waals surface area contributed by atoms with Gasteiger partial charge in [-0.15, -0.1) is 0 Å². The lowest BCUT2D eigenvalue weighted by Gasteiger charge is -2.15. The molecule has 24 heavy (non-hydrogen) atoms. The third-order valence-corrected chi connectivity index (χ3v) is 3.54. The molecule has 0 aliphatic heterocycles. The molecule has 0 bridgehead atoms. The van der Waals surface area contributed by atoms with Crippen LogP contribution in [0.4, 0.5) is 5.69 Å². The Morgan fingerprint density at radius 1 is 1.12 bits per heavy atom. The van der Waals surface area contributed by atoms with Gasteiger partial charge in [-0.25, -0.2) is 0 Å². The predicted octanol–water partition coefficient (Wildman–Crippen LogP) is 2.69. The van der Waals surface area contributed by atoms with Gasteiger partial charge in [0.1, 0.15) is 5.75 Å². The molecule has 0 spiro atoms. The Kier molecular flexibility index (Phi) is 5.95. The number of carbonyl (C=O) groups is 2. The van der Waals surface area contributed by atoms with Crippen LogP contribution in [-0.4, -0.2) is 25.0 Å². The fraction of sp³-hybridized carbons (Fsp3) is 0.263. The normalized spacial score (nSPS) is 11.5. The van der Waals surface area contributed by atoms with Crippen LogP contribution in [0.2, 0.25) is 0 Å². The first-order valence-electron chi connectivity index (χ1n) is 7.81. The van der Waals surface area contributed by atoms with Crippen LogP contribution >= 0.6 is 0 Å². The molecule has 1 atom stereocenters. The Morgan fingerprint density at radius 2 is 1.83 bits per heavy atom. The smallest absolute Gasteiger partial charge is 0.265 e. The summed E-state index contributed by atoms with van der Waals surface area (Å²) in [5.41, 5.74) is 2.63. The first kappa shape index (κ1) is 17.5. The fourth-order valence-corrected chi connectivity index (χ4v) is 2.17. The largest absolute Gasteiger partial charge is 0.481 e. The average Bonchev–Trinajstić information content (AvgIpc) is 2.56. The minimum absolute atomic E-state index is 0.0491. The summed E-state index contributed by atoms with van der Waals surface area (Å²) in [5, 5.41) is 5.38. The van der Waals surface area contributed by atoms with Gasteiger partial charge in [0.15, 0.2) is 6.10 Å². The molecule has 2 aromatic carbocycles. The molecule has 0 radical (unpaired) electrons. The molecule has 0 aromatic heterocycles. The van der Waals surface area contributed by atoms with Crippen LogP contribution in [0.25, 0.3) is 0 Å². The SMILES string of the molecule is CNC(=O)Cc1ccc(NC(=O)C(C)Oc2cccc(C)c2)cc1. The third-order valence-electron chi connectivity index (χ3n) is 3.54. The maximum absolute atomic E-state index is 12.2. The van der Waals surface area contributed by atoms with Gasteiger partial charge < -0.3 is 15.4 Å². The van der Waals surface area contributed by atoms with Crippen molar-refractivity contribution in [2.45, 2.75) is 26.4 Å². The lowest BCUT2D eigenvalue weighted by molar-refractivity contribution is -0.122. The van der Waals surface area contributed by atoms with E-state index in [1.807, 2.05) is 43.3 Å². The van der Waals surface area contributed by atoms with Crippen molar-refractivity contribution in [1.29, 1.82) is 0 Å². The van der Waals surface area contributed by atoms with Gasteiger partial charge in [0.2, 0.25) is 5.91 Å². The van der Waals surface area contributed by atoms with Gasteiger partial charge in [0.25, 0.3) is 5.91 Å². The number of nitrogens with one attached hydrogen (secondary N) is 2. The summed E-state index contributed by atoms with van der Waals surface area (Å²) in [7, 11) is 1.60. The maximum atomic E-state index is 12.2. The van der Waals surface area contributed by atoms with Crippen LogP contribution in [-0.2, 0) is 16.0 Å². The van der Waals surface area contributed by atoms with E-state index in [0.29, 0.717) is 17.9 Å². The van der Waals surface area contributed by atoms with E-state index in [2.05, 4.69) is 10.6 Å². The van der Waals surface area contributed by atoms with Gasteiger partial charge in [0, 0.05) is 12.7 Å². The summed E-state index contributed by atoms with van der Waals surface area (Å²) >= 11 is 0. The fourth-order valence-electron chi connectivity index (χ4n) is 2.17. The van der Waals surface area contributed by atoms with E-state index in [9.17, 15) is 9.59 Å². The second-order valence-electron chi connectivity index (χ2n) is 5.61. The second-order valence-corrected chi connectivity index (χ2v) is 5.61. The number of carbonyl (C=O) groups excluding carboxylic acids is 2. The summed E-state index contributed by atoms with van der Waals surface area (Å²) in [5.74, 6) is 0.390. The number of hydrogen-bond acceptors (Lipinski definition) is 3. The zero-order chi connectivity index (χ0) is 17.5. The minimum atomic E-state index is -0.614. The molecule has 0 heterocycles. The highest BCUT2D eigenvalue weighted by Crippen LogP contribution is 2.15. The van der Waals surface area contributed by atoms with Gasteiger partial charge in [-0.3, -0.25) is 9.59 Å². The van der Waals surface area contributed by atoms with Gasteiger partial charge in [-0.05, 0) is 49.2 Å². The van der Waals surface area contributed by atoms with Gasteiger partial charge in [-0.2, -0.15) is 0 Å². The first-order chi connectivity index (χ1) is 11.5. The number of amides is 2. The molecule has 2 aromatic rings.